The van der Waals surface area contributed by atoms with E-state index in [-0.39, 0.29) is 12.7 Å². The monoisotopic (exact) mass is 514 g/mol. The standard InChI is InChI=1S/C28H34O9/c1-9-14(2)27(29)37-26-17-12-19-23(36-13-35-19)25(34-8)21(17)20-16(10-15(3)28(26,4)30)11-18(31-5)22(32-6)24(20)33-7/h9,11-12,15,26,30H,10,13H2,1-8H3/b14-9+/t15-,26+,28-/m0/s1. The third-order valence-corrected chi connectivity index (χ3v) is 7.33. The van der Waals surface area contributed by atoms with Crippen molar-refractivity contribution in [2.45, 2.75) is 45.8 Å². The first-order chi connectivity index (χ1) is 17.6. The molecule has 0 saturated carbocycles. The van der Waals surface area contributed by atoms with Crippen LogP contribution < -0.4 is 28.4 Å². The van der Waals surface area contributed by atoms with Crippen molar-refractivity contribution in [1.82, 2.24) is 0 Å². The number of benzene rings is 2. The van der Waals surface area contributed by atoms with E-state index in [1.807, 2.05) is 13.0 Å². The predicted octanol–water partition coefficient (Wildman–Crippen LogP) is 4.61. The minimum Gasteiger partial charge on any atom is -0.493 e. The molecule has 9 heteroatoms. The quantitative estimate of drug-likeness (QED) is 0.437. The van der Waals surface area contributed by atoms with Crippen molar-refractivity contribution >= 4 is 5.97 Å². The second kappa shape index (κ2) is 10.0. The van der Waals surface area contributed by atoms with Gasteiger partial charge in [-0.15, -0.1) is 0 Å². The lowest BCUT2D eigenvalue weighted by atomic mass is 9.73. The van der Waals surface area contributed by atoms with Crippen LogP contribution in [0.1, 0.15) is 44.9 Å². The first-order valence-corrected chi connectivity index (χ1v) is 12.0. The van der Waals surface area contributed by atoms with Crippen LogP contribution >= 0.6 is 0 Å². The predicted molar refractivity (Wildman–Crippen MR) is 136 cm³/mol. The zero-order valence-electron chi connectivity index (χ0n) is 22.5. The Morgan fingerprint density at radius 3 is 2.30 bits per heavy atom. The highest BCUT2D eigenvalue weighted by Gasteiger charge is 2.47. The molecule has 200 valence electrons. The summed E-state index contributed by atoms with van der Waals surface area (Å²) in [4.78, 5) is 13.0. The van der Waals surface area contributed by atoms with E-state index in [4.69, 9.17) is 33.2 Å². The van der Waals surface area contributed by atoms with E-state index in [1.54, 1.807) is 47.1 Å². The SMILES string of the molecule is C/C=C(\C)C(=O)O[C@@H]1c2cc3c(c(OC)c2-c2c(cc(OC)c(OC)c2OC)C[C@H](C)[C@]1(C)O)OCO3. The van der Waals surface area contributed by atoms with Crippen LogP contribution in [-0.4, -0.2) is 51.9 Å². The van der Waals surface area contributed by atoms with Crippen LogP contribution in [0.2, 0.25) is 0 Å². The highest BCUT2D eigenvalue weighted by atomic mass is 16.7. The average molecular weight is 515 g/mol. The second-order valence-electron chi connectivity index (χ2n) is 9.38. The van der Waals surface area contributed by atoms with E-state index >= 15 is 0 Å². The fraction of sp³-hybridized carbons (Fsp3) is 0.464. The number of methoxy groups -OCH3 is 4. The third-order valence-electron chi connectivity index (χ3n) is 7.33. The van der Waals surface area contributed by atoms with E-state index in [9.17, 15) is 9.90 Å². The maximum Gasteiger partial charge on any atom is 0.334 e. The summed E-state index contributed by atoms with van der Waals surface area (Å²) in [5.74, 6) is 1.59. The van der Waals surface area contributed by atoms with Crippen LogP contribution in [-0.2, 0) is 16.0 Å². The van der Waals surface area contributed by atoms with Crippen molar-refractivity contribution in [3.8, 4) is 45.6 Å². The van der Waals surface area contributed by atoms with Crippen molar-refractivity contribution in [3.63, 3.8) is 0 Å². The fourth-order valence-electron chi connectivity index (χ4n) is 4.94. The molecule has 0 spiro atoms. The molecule has 0 fully saturated rings. The Labute approximate surface area is 216 Å². The van der Waals surface area contributed by atoms with Crippen LogP contribution in [0.15, 0.2) is 23.8 Å². The molecule has 3 atom stereocenters. The zero-order valence-corrected chi connectivity index (χ0v) is 22.5. The minimum atomic E-state index is -1.48. The zero-order chi connectivity index (χ0) is 27.1. The van der Waals surface area contributed by atoms with Gasteiger partial charge in [0.05, 0.1) is 28.4 Å². The van der Waals surface area contributed by atoms with E-state index in [2.05, 4.69) is 0 Å². The van der Waals surface area contributed by atoms with Gasteiger partial charge in [-0.1, -0.05) is 13.0 Å². The van der Waals surface area contributed by atoms with Gasteiger partial charge < -0.3 is 38.3 Å². The van der Waals surface area contributed by atoms with Crippen molar-refractivity contribution in [2.24, 2.45) is 5.92 Å². The van der Waals surface area contributed by atoms with E-state index in [0.717, 1.165) is 5.56 Å². The number of ether oxygens (including phenoxy) is 7. The van der Waals surface area contributed by atoms with Gasteiger partial charge in [0.25, 0.3) is 0 Å². The summed E-state index contributed by atoms with van der Waals surface area (Å²) in [5, 5.41) is 12.0. The lowest BCUT2D eigenvalue weighted by Gasteiger charge is -2.41. The number of hydrogen-bond acceptors (Lipinski definition) is 9. The average Bonchev–Trinajstić information content (AvgIpc) is 3.36. The molecule has 2 aromatic carbocycles. The Morgan fingerprint density at radius 2 is 1.70 bits per heavy atom. The Morgan fingerprint density at radius 1 is 1.03 bits per heavy atom. The molecule has 0 saturated heterocycles. The van der Waals surface area contributed by atoms with Crippen LogP contribution in [0.4, 0.5) is 0 Å². The van der Waals surface area contributed by atoms with Gasteiger partial charge in [0, 0.05) is 22.3 Å². The summed E-state index contributed by atoms with van der Waals surface area (Å²) < 4.78 is 40.6. The van der Waals surface area contributed by atoms with E-state index < -0.39 is 17.7 Å². The molecule has 1 heterocycles. The van der Waals surface area contributed by atoms with Gasteiger partial charge in [0.1, 0.15) is 5.60 Å². The summed E-state index contributed by atoms with van der Waals surface area (Å²) in [6.45, 7) is 7.00. The molecule has 9 nitrogen and oxygen atoms in total. The first-order valence-electron chi connectivity index (χ1n) is 12.0. The maximum absolute atomic E-state index is 13.0. The van der Waals surface area contributed by atoms with Gasteiger partial charge in [-0.3, -0.25) is 0 Å². The maximum atomic E-state index is 13.0. The molecule has 2 aromatic rings. The molecule has 0 radical (unpaired) electrons. The highest BCUT2D eigenvalue weighted by molar-refractivity contribution is 5.91. The Kier molecular flexibility index (Phi) is 7.19. The highest BCUT2D eigenvalue weighted by Crippen LogP contribution is 2.59. The molecule has 37 heavy (non-hydrogen) atoms. The summed E-state index contributed by atoms with van der Waals surface area (Å²) >= 11 is 0. The van der Waals surface area contributed by atoms with E-state index in [1.165, 1.54) is 14.2 Å². The summed E-state index contributed by atoms with van der Waals surface area (Å²) in [5.41, 5.74) is 1.47. The number of fused-ring (bicyclic) bond motifs is 4. The van der Waals surface area contributed by atoms with Crippen molar-refractivity contribution < 1.29 is 43.1 Å². The van der Waals surface area contributed by atoms with Crippen molar-refractivity contribution in [2.75, 3.05) is 35.2 Å². The number of rotatable bonds is 6. The third kappa shape index (κ3) is 4.21. The second-order valence-corrected chi connectivity index (χ2v) is 9.38. The van der Waals surface area contributed by atoms with Gasteiger partial charge in [0.2, 0.25) is 18.3 Å². The van der Waals surface area contributed by atoms with Gasteiger partial charge in [-0.05, 0) is 50.8 Å². The summed E-state index contributed by atoms with van der Waals surface area (Å²) in [6.07, 6.45) is 1.00. The molecule has 0 unspecified atom stereocenters. The first kappa shape index (κ1) is 26.5. The van der Waals surface area contributed by atoms with Crippen LogP contribution in [0.5, 0.6) is 34.5 Å². The van der Waals surface area contributed by atoms with Gasteiger partial charge in [0.15, 0.2) is 29.1 Å². The Balaban J connectivity index is 2.16. The number of allylic oxidation sites excluding steroid dienone is 1. The van der Waals surface area contributed by atoms with Crippen LogP contribution in [0.25, 0.3) is 11.1 Å². The minimum absolute atomic E-state index is 0.000553. The molecule has 4 rings (SSSR count). The Bertz CT molecular complexity index is 1250. The normalized spacial score (nSPS) is 22.2. The molecule has 0 aromatic heterocycles. The smallest absolute Gasteiger partial charge is 0.334 e. The van der Waals surface area contributed by atoms with Crippen LogP contribution in [0.3, 0.4) is 0 Å². The largest absolute Gasteiger partial charge is 0.493 e. The number of hydrogen-bond donors (Lipinski definition) is 1. The van der Waals surface area contributed by atoms with Gasteiger partial charge in [-0.2, -0.15) is 0 Å². The molecular weight excluding hydrogens is 480 g/mol. The number of carbonyl (C=O) groups excluding carboxylic acids is 1. The molecule has 0 bridgehead atoms. The van der Waals surface area contributed by atoms with Crippen molar-refractivity contribution in [1.29, 1.82) is 0 Å². The van der Waals surface area contributed by atoms with Crippen LogP contribution in [0, 0.1) is 5.92 Å². The molecule has 1 aliphatic carbocycles. The van der Waals surface area contributed by atoms with Crippen molar-refractivity contribution in [3.05, 3.63) is 34.9 Å². The molecule has 1 aliphatic heterocycles. The number of esters is 1. The molecule has 1 N–H and O–H groups in total. The Hall–Kier alpha value is -3.59. The fourth-order valence-corrected chi connectivity index (χ4v) is 4.94. The summed E-state index contributed by atoms with van der Waals surface area (Å²) in [6, 6.07) is 3.60. The lowest BCUT2D eigenvalue weighted by molar-refractivity contribution is -0.166. The lowest BCUT2D eigenvalue weighted by Crippen LogP contribution is -2.44. The summed E-state index contributed by atoms with van der Waals surface area (Å²) in [7, 11) is 6.15. The number of carbonyl (C=O) groups is 1. The number of aliphatic hydroxyl groups is 1. The molecule has 2 aliphatic rings. The molecular formula is C28H34O9. The topological polar surface area (TPSA) is 102 Å². The van der Waals surface area contributed by atoms with Gasteiger partial charge >= 0.3 is 5.97 Å². The van der Waals surface area contributed by atoms with Gasteiger partial charge in [-0.25, -0.2) is 4.79 Å². The molecule has 0 amide bonds. The van der Waals surface area contributed by atoms with E-state index in [0.29, 0.717) is 63.2 Å².